The highest BCUT2D eigenvalue weighted by molar-refractivity contribution is 5.93. The van der Waals surface area contributed by atoms with Gasteiger partial charge in [-0.1, -0.05) is 0 Å². The fraction of sp³-hybridized carbons (Fsp3) is 0.200. The second kappa shape index (κ2) is 6.28. The Labute approximate surface area is 106 Å². The molecule has 0 spiro atoms. The van der Waals surface area contributed by atoms with E-state index in [1.165, 1.54) is 0 Å². The molecule has 0 bridgehead atoms. The van der Waals surface area contributed by atoms with Crippen molar-refractivity contribution in [1.82, 2.24) is 5.32 Å². The summed E-state index contributed by atoms with van der Waals surface area (Å²) >= 11 is 0. The monoisotopic (exact) mass is 271 g/mol. The lowest BCUT2D eigenvalue weighted by atomic mass is 10.2. The van der Waals surface area contributed by atoms with Gasteiger partial charge in [0.2, 0.25) is 0 Å². The van der Waals surface area contributed by atoms with Crippen molar-refractivity contribution < 1.29 is 23.6 Å². The number of ether oxygens (including phenoxy) is 1. The molecule has 0 aromatic heterocycles. The molecule has 0 atom stereocenters. The lowest BCUT2D eigenvalue weighted by Gasteiger charge is -2.07. The Morgan fingerprint density at radius 3 is 2.74 bits per heavy atom. The molecule has 19 heavy (non-hydrogen) atoms. The highest BCUT2D eigenvalue weighted by Crippen LogP contribution is 2.24. The van der Waals surface area contributed by atoms with Gasteiger partial charge in [-0.2, -0.15) is 0 Å². The molecule has 0 radical (unpaired) electrons. The van der Waals surface area contributed by atoms with Gasteiger partial charge >= 0.3 is 12.0 Å². The molecule has 1 rings (SSSR count). The maximum atomic E-state index is 13.0. The molecule has 0 saturated heterocycles. The van der Waals surface area contributed by atoms with Gasteiger partial charge in [-0.05, 0) is 6.07 Å². The second-order valence-electron chi connectivity index (χ2n) is 3.30. The number of hydrogen-bond donors (Lipinski definition) is 2. The van der Waals surface area contributed by atoms with Gasteiger partial charge in [-0.15, -0.1) is 0 Å². The first-order valence-corrected chi connectivity index (χ1v) is 4.99. The van der Waals surface area contributed by atoms with Crippen molar-refractivity contribution in [3.8, 4) is 0 Å². The van der Waals surface area contributed by atoms with Crippen molar-refractivity contribution in [3.05, 3.63) is 34.1 Å². The van der Waals surface area contributed by atoms with Crippen LogP contribution in [0.2, 0.25) is 0 Å². The third kappa shape index (κ3) is 4.22. The van der Waals surface area contributed by atoms with Crippen LogP contribution >= 0.6 is 0 Å². The lowest BCUT2D eigenvalue weighted by Crippen LogP contribution is -2.33. The van der Waals surface area contributed by atoms with Crippen LogP contribution in [0, 0.1) is 15.9 Å². The summed E-state index contributed by atoms with van der Waals surface area (Å²) in [4.78, 5) is 32.0. The summed E-state index contributed by atoms with van der Waals surface area (Å²) in [6, 6.07) is 1.73. The van der Waals surface area contributed by atoms with Gasteiger partial charge in [0.25, 0.3) is 5.69 Å². The summed E-state index contributed by atoms with van der Waals surface area (Å²) in [7, 11) is 1.14. The van der Waals surface area contributed by atoms with Crippen LogP contribution in [0.15, 0.2) is 18.2 Å². The largest absolute Gasteiger partial charge is 0.468 e. The molecule has 0 aliphatic heterocycles. The number of esters is 1. The molecule has 0 aliphatic rings. The third-order valence-corrected chi connectivity index (χ3v) is 2.02. The van der Waals surface area contributed by atoms with Gasteiger partial charge in [0.15, 0.2) is 0 Å². The zero-order valence-electron chi connectivity index (χ0n) is 9.81. The number of nitro benzene ring substituents is 1. The number of carbonyl (C=O) groups excluding carboxylic acids is 2. The SMILES string of the molecule is COC(=O)CNC(=O)Nc1cc(F)ccc1[N+](=O)[O-]. The van der Waals surface area contributed by atoms with Crippen molar-refractivity contribution in [2.45, 2.75) is 0 Å². The van der Waals surface area contributed by atoms with E-state index in [4.69, 9.17) is 0 Å². The predicted octanol–water partition coefficient (Wildman–Crippen LogP) is 1.03. The van der Waals surface area contributed by atoms with Gasteiger partial charge in [-0.3, -0.25) is 14.9 Å². The fourth-order valence-electron chi connectivity index (χ4n) is 1.16. The van der Waals surface area contributed by atoms with Crippen molar-refractivity contribution in [1.29, 1.82) is 0 Å². The maximum Gasteiger partial charge on any atom is 0.325 e. The minimum absolute atomic E-state index is 0.313. The van der Waals surface area contributed by atoms with Crippen LogP contribution in [0.3, 0.4) is 0 Å². The number of benzene rings is 1. The normalized spacial score (nSPS) is 9.58. The van der Waals surface area contributed by atoms with E-state index in [0.29, 0.717) is 0 Å². The standard InChI is InChI=1S/C10H10FN3O5/c1-19-9(15)5-12-10(16)13-7-4-6(11)2-3-8(7)14(17)18/h2-4H,5H2,1H3,(H2,12,13,16). The number of nitro groups is 1. The first-order valence-electron chi connectivity index (χ1n) is 4.99. The highest BCUT2D eigenvalue weighted by atomic mass is 19.1. The lowest BCUT2D eigenvalue weighted by molar-refractivity contribution is -0.384. The van der Waals surface area contributed by atoms with Gasteiger partial charge in [-0.25, -0.2) is 9.18 Å². The summed E-state index contributed by atoms with van der Waals surface area (Å²) in [6.45, 7) is -0.411. The van der Waals surface area contributed by atoms with Crippen LogP contribution in [0.5, 0.6) is 0 Å². The molecule has 2 N–H and O–H groups in total. The summed E-state index contributed by atoms with van der Waals surface area (Å²) in [5, 5.41) is 14.8. The van der Waals surface area contributed by atoms with Crippen molar-refractivity contribution in [2.24, 2.45) is 0 Å². The predicted molar refractivity (Wildman–Crippen MR) is 62.1 cm³/mol. The molecule has 0 saturated carbocycles. The zero-order valence-corrected chi connectivity index (χ0v) is 9.81. The minimum Gasteiger partial charge on any atom is -0.468 e. The number of methoxy groups -OCH3 is 1. The number of hydrogen-bond acceptors (Lipinski definition) is 5. The Bertz CT molecular complexity index is 520. The molecule has 1 aromatic rings. The topological polar surface area (TPSA) is 111 Å². The first kappa shape index (κ1) is 14.4. The van der Waals surface area contributed by atoms with E-state index in [0.717, 1.165) is 25.3 Å². The quantitative estimate of drug-likeness (QED) is 0.482. The molecule has 0 fully saturated rings. The van der Waals surface area contributed by atoms with Crippen LogP contribution in [-0.4, -0.2) is 30.6 Å². The van der Waals surface area contributed by atoms with E-state index in [-0.39, 0.29) is 5.69 Å². The van der Waals surface area contributed by atoms with Crippen molar-refractivity contribution >= 4 is 23.4 Å². The molecular weight excluding hydrogens is 261 g/mol. The number of amides is 2. The molecule has 0 unspecified atom stereocenters. The van der Waals surface area contributed by atoms with Crippen LogP contribution in [-0.2, 0) is 9.53 Å². The molecule has 9 heteroatoms. The first-order chi connectivity index (χ1) is 8.93. The molecular formula is C10H10FN3O5. The highest BCUT2D eigenvalue weighted by Gasteiger charge is 2.16. The summed E-state index contributed by atoms with van der Waals surface area (Å²) in [5.41, 5.74) is -0.776. The number of nitrogens with one attached hydrogen (secondary N) is 2. The number of nitrogens with zero attached hydrogens (tertiary/aromatic N) is 1. The second-order valence-corrected chi connectivity index (χ2v) is 3.30. The molecule has 1 aromatic carbocycles. The van der Waals surface area contributed by atoms with Crippen molar-refractivity contribution in [3.63, 3.8) is 0 Å². The van der Waals surface area contributed by atoms with Crippen LogP contribution in [0.4, 0.5) is 20.6 Å². The Morgan fingerprint density at radius 1 is 1.47 bits per heavy atom. The Hall–Kier alpha value is -2.71. The summed E-state index contributed by atoms with van der Waals surface area (Å²) < 4.78 is 17.2. The number of halogens is 1. The average molecular weight is 271 g/mol. The van der Waals surface area contributed by atoms with E-state index >= 15 is 0 Å². The number of rotatable bonds is 4. The molecule has 2 amide bonds. The number of urea groups is 1. The fourth-order valence-corrected chi connectivity index (χ4v) is 1.16. The van der Waals surface area contributed by atoms with Crippen LogP contribution < -0.4 is 10.6 Å². The molecule has 0 aliphatic carbocycles. The molecule has 8 nitrogen and oxygen atoms in total. The van der Waals surface area contributed by atoms with Gasteiger partial charge in [0.05, 0.1) is 12.0 Å². The van der Waals surface area contributed by atoms with Gasteiger partial charge < -0.3 is 15.4 Å². The Morgan fingerprint density at radius 2 is 2.16 bits per heavy atom. The van der Waals surface area contributed by atoms with E-state index in [1.807, 2.05) is 0 Å². The number of anilines is 1. The Kier molecular flexibility index (Phi) is 4.75. The van der Waals surface area contributed by atoms with Gasteiger partial charge in [0, 0.05) is 12.1 Å². The zero-order chi connectivity index (χ0) is 14.4. The smallest absolute Gasteiger partial charge is 0.325 e. The van der Waals surface area contributed by atoms with Crippen LogP contribution in [0.25, 0.3) is 0 Å². The third-order valence-electron chi connectivity index (χ3n) is 2.02. The van der Waals surface area contributed by atoms with E-state index in [1.54, 1.807) is 0 Å². The van der Waals surface area contributed by atoms with Gasteiger partial charge in [0.1, 0.15) is 18.0 Å². The van der Waals surface area contributed by atoms with E-state index in [2.05, 4.69) is 15.4 Å². The number of carbonyl (C=O) groups is 2. The van der Waals surface area contributed by atoms with E-state index < -0.39 is 35.0 Å². The average Bonchev–Trinajstić information content (AvgIpc) is 2.35. The molecule has 0 heterocycles. The minimum atomic E-state index is -0.890. The Balaban J connectivity index is 2.75. The maximum absolute atomic E-state index is 13.0. The van der Waals surface area contributed by atoms with Crippen LogP contribution in [0.1, 0.15) is 0 Å². The summed E-state index contributed by atoms with van der Waals surface area (Å²) in [6.07, 6.45) is 0. The van der Waals surface area contributed by atoms with Crippen molar-refractivity contribution in [2.75, 3.05) is 19.0 Å². The van der Waals surface area contributed by atoms with E-state index in [9.17, 15) is 24.1 Å². The summed E-state index contributed by atoms with van der Waals surface area (Å²) in [5.74, 6) is -1.43. The molecule has 102 valence electrons.